The molecule has 2 heterocycles. The van der Waals surface area contributed by atoms with Crippen LogP contribution in [0.5, 0.6) is 11.5 Å². The molecule has 0 N–H and O–H groups in total. The zero-order valence-corrected chi connectivity index (χ0v) is 15.5. The van der Waals surface area contributed by atoms with Crippen molar-refractivity contribution < 1.29 is 19.1 Å². The molecule has 0 bridgehead atoms. The molecule has 140 valence electrons. The van der Waals surface area contributed by atoms with Crippen molar-refractivity contribution in [2.24, 2.45) is 5.41 Å². The molecule has 3 aliphatic rings. The average Bonchev–Trinajstić information content (AvgIpc) is 3.27. The Labute approximate surface area is 154 Å². The van der Waals surface area contributed by atoms with Crippen LogP contribution in [0.25, 0.3) is 0 Å². The molecule has 2 amide bonds. The van der Waals surface area contributed by atoms with E-state index in [9.17, 15) is 9.59 Å². The van der Waals surface area contributed by atoms with Gasteiger partial charge in [-0.2, -0.15) is 0 Å². The normalized spacial score (nSPS) is 26.8. The van der Waals surface area contributed by atoms with Gasteiger partial charge in [0.1, 0.15) is 0 Å². The summed E-state index contributed by atoms with van der Waals surface area (Å²) >= 11 is 0. The molecule has 1 saturated heterocycles. The molecule has 0 radical (unpaired) electrons. The molecule has 1 aliphatic carbocycles. The molecule has 6 heteroatoms. The zero-order valence-electron chi connectivity index (χ0n) is 15.5. The summed E-state index contributed by atoms with van der Waals surface area (Å²) in [6.07, 6.45) is 4.73. The predicted octanol–water partition coefficient (Wildman–Crippen LogP) is 2.67. The molecule has 2 aliphatic heterocycles. The van der Waals surface area contributed by atoms with Crippen LogP contribution < -0.4 is 9.47 Å². The van der Waals surface area contributed by atoms with Crippen LogP contribution in [0.1, 0.15) is 49.4 Å². The summed E-state index contributed by atoms with van der Waals surface area (Å²) in [6.45, 7) is 3.70. The second kappa shape index (κ2) is 6.49. The number of ether oxygens (including phenoxy) is 2. The third-order valence-electron chi connectivity index (χ3n) is 6.25. The van der Waals surface area contributed by atoms with Gasteiger partial charge in [0.25, 0.3) is 5.91 Å². The van der Waals surface area contributed by atoms with E-state index in [2.05, 4.69) is 0 Å². The molecule has 26 heavy (non-hydrogen) atoms. The first-order valence-corrected chi connectivity index (χ1v) is 9.49. The Bertz CT molecular complexity index is 735. The minimum atomic E-state index is -0.0109. The van der Waals surface area contributed by atoms with E-state index in [0.29, 0.717) is 30.0 Å². The SMILES string of the molecule is CCN1C(=O)CC[C@]2(CN(C)C(=O)c3ccc4c(c3)OCO4)CCC[C@@H]12. The largest absolute Gasteiger partial charge is 0.454 e. The number of nitrogens with zero attached hydrogens (tertiary/aromatic N) is 2. The van der Waals surface area contributed by atoms with Crippen LogP contribution in [0.4, 0.5) is 0 Å². The Kier molecular flexibility index (Phi) is 4.29. The van der Waals surface area contributed by atoms with Crippen molar-refractivity contribution in [3.63, 3.8) is 0 Å². The third kappa shape index (κ3) is 2.72. The van der Waals surface area contributed by atoms with Crippen LogP contribution in [0.2, 0.25) is 0 Å². The Hall–Kier alpha value is -2.24. The monoisotopic (exact) mass is 358 g/mol. The number of carbonyl (C=O) groups excluding carboxylic acids is 2. The van der Waals surface area contributed by atoms with E-state index < -0.39 is 0 Å². The number of hydrogen-bond donors (Lipinski definition) is 0. The maximum atomic E-state index is 13.0. The molecular weight excluding hydrogens is 332 g/mol. The predicted molar refractivity (Wildman–Crippen MR) is 96.2 cm³/mol. The Balaban J connectivity index is 1.52. The lowest BCUT2D eigenvalue weighted by Gasteiger charge is -2.47. The number of carbonyl (C=O) groups is 2. The van der Waals surface area contributed by atoms with Gasteiger partial charge in [0, 0.05) is 43.6 Å². The van der Waals surface area contributed by atoms with Gasteiger partial charge in [0.2, 0.25) is 12.7 Å². The minimum Gasteiger partial charge on any atom is -0.454 e. The number of fused-ring (bicyclic) bond motifs is 2. The number of benzene rings is 1. The first-order chi connectivity index (χ1) is 12.5. The lowest BCUT2D eigenvalue weighted by molar-refractivity contribution is -0.141. The Morgan fingerprint density at radius 2 is 2.12 bits per heavy atom. The summed E-state index contributed by atoms with van der Waals surface area (Å²) in [7, 11) is 1.86. The van der Waals surface area contributed by atoms with E-state index in [1.165, 1.54) is 0 Å². The second-order valence-electron chi connectivity index (χ2n) is 7.68. The molecule has 1 saturated carbocycles. The highest BCUT2D eigenvalue weighted by atomic mass is 16.7. The Morgan fingerprint density at radius 1 is 1.31 bits per heavy atom. The molecule has 0 spiro atoms. The van der Waals surface area contributed by atoms with Crippen LogP contribution in [-0.2, 0) is 4.79 Å². The number of rotatable bonds is 4. The first kappa shape index (κ1) is 17.2. The van der Waals surface area contributed by atoms with Gasteiger partial charge in [-0.15, -0.1) is 0 Å². The summed E-state index contributed by atoms with van der Waals surface area (Å²) in [4.78, 5) is 29.1. The summed E-state index contributed by atoms with van der Waals surface area (Å²) in [5, 5.41) is 0. The molecule has 2 atom stereocenters. The van der Waals surface area contributed by atoms with Crippen LogP contribution >= 0.6 is 0 Å². The van der Waals surface area contributed by atoms with Gasteiger partial charge in [-0.3, -0.25) is 9.59 Å². The molecule has 0 aromatic heterocycles. The summed E-state index contributed by atoms with van der Waals surface area (Å²) in [5.74, 6) is 1.56. The van der Waals surface area contributed by atoms with Gasteiger partial charge in [-0.1, -0.05) is 6.42 Å². The van der Waals surface area contributed by atoms with Crippen molar-refractivity contribution in [1.82, 2.24) is 9.80 Å². The molecule has 6 nitrogen and oxygen atoms in total. The quantitative estimate of drug-likeness (QED) is 0.830. The summed E-state index contributed by atoms with van der Waals surface area (Å²) in [5.41, 5.74) is 0.645. The molecule has 1 aromatic rings. The van der Waals surface area contributed by atoms with Crippen molar-refractivity contribution in [1.29, 1.82) is 0 Å². The summed E-state index contributed by atoms with van der Waals surface area (Å²) < 4.78 is 10.7. The van der Waals surface area contributed by atoms with E-state index in [1.807, 2.05) is 23.8 Å². The first-order valence-electron chi connectivity index (χ1n) is 9.49. The number of hydrogen-bond acceptors (Lipinski definition) is 4. The van der Waals surface area contributed by atoms with E-state index in [-0.39, 0.29) is 30.1 Å². The van der Waals surface area contributed by atoms with Crippen LogP contribution in [0.15, 0.2) is 18.2 Å². The van der Waals surface area contributed by atoms with Gasteiger partial charge in [0.05, 0.1) is 0 Å². The van der Waals surface area contributed by atoms with Gasteiger partial charge < -0.3 is 19.3 Å². The van der Waals surface area contributed by atoms with Crippen LogP contribution in [-0.4, -0.2) is 54.6 Å². The standard InChI is InChI=1S/C20H26N2O4/c1-3-22-17-5-4-9-20(17,10-8-18(22)23)12-21(2)19(24)14-6-7-15-16(11-14)26-13-25-15/h6-7,11,17H,3-5,8-10,12-13H2,1-2H3/t17-,20+/m1/s1. The highest BCUT2D eigenvalue weighted by molar-refractivity contribution is 5.94. The lowest BCUT2D eigenvalue weighted by atomic mass is 9.74. The van der Waals surface area contributed by atoms with Crippen molar-refractivity contribution in [2.45, 2.75) is 45.1 Å². The smallest absolute Gasteiger partial charge is 0.253 e. The van der Waals surface area contributed by atoms with E-state index in [0.717, 1.165) is 32.2 Å². The fraction of sp³-hybridized carbons (Fsp3) is 0.600. The fourth-order valence-corrected chi connectivity index (χ4v) is 5.03. The van der Waals surface area contributed by atoms with E-state index in [4.69, 9.17) is 9.47 Å². The van der Waals surface area contributed by atoms with Gasteiger partial charge in [0.15, 0.2) is 11.5 Å². The molecular formula is C20H26N2O4. The van der Waals surface area contributed by atoms with E-state index in [1.54, 1.807) is 18.2 Å². The van der Waals surface area contributed by atoms with Crippen LogP contribution in [0, 0.1) is 5.41 Å². The van der Waals surface area contributed by atoms with Crippen LogP contribution in [0.3, 0.4) is 0 Å². The summed E-state index contributed by atoms with van der Waals surface area (Å²) in [6, 6.07) is 5.60. The third-order valence-corrected chi connectivity index (χ3v) is 6.25. The van der Waals surface area contributed by atoms with Crippen molar-refractivity contribution in [3.05, 3.63) is 23.8 Å². The highest BCUT2D eigenvalue weighted by Crippen LogP contribution is 2.48. The van der Waals surface area contributed by atoms with Gasteiger partial charge in [-0.25, -0.2) is 0 Å². The van der Waals surface area contributed by atoms with Gasteiger partial charge in [-0.05, 0) is 44.4 Å². The number of likely N-dealkylation sites (tertiary alicyclic amines) is 1. The molecule has 1 aromatic carbocycles. The number of amides is 2. The van der Waals surface area contributed by atoms with Crippen molar-refractivity contribution in [2.75, 3.05) is 26.9 Å². The Morgan fingerprint density at radius 3 is 2.92 bits per heavy atom. The maximum Gasteiger partial charge on any atom is 0.253 e. The van der Waals surface area contributed by atoms with Crippen molar-refractivity contribution >= 4 is 11.8 Å². The topological polar surface area (TPSA) is 59.1 Å². The maximum absolute atomic E-state index is 13.0. The fourth-order valence-electron chi connectivity index (χ4n) is 5.03. The minimum absolute atomic E-state index is 0.0109. The lowest BCUT2D eigenvalue weighted by Crippen LogP contribution is -2.56. The van der Waals surface area contributed by atoms with E-state index >= 15 is 0 Å². The van der Waals surface area contributed by atoms with Gasteiger partial charge >= 0.3 is 0 Å². The highest BCUT2D eigenvalue weighted by Gasteiger charge is 2.50. The average molecular weight is 358 g/mol. The number of piperidine rings is 1. The van der Waals surface area contributed by atoms with Crippen molar-refractivity contribution in [3.8, 4) is 11.5 Å². The molecule has 4 rings (SSSR count). The zero-order chi connectivity index (χ0) is 18.3. The molecule has 0 unspecified atom stereocenters. The second-order valence-corrected chi connectivity index (χ2v) is 7.68. The molecule has 2 fully saturated rings.